The highest BCUT2D eigenvalue weighted by Crippen LogP contribution is 2.10. The third-order valence-corrected chi connectivity index (χ3v) is 3.53. The Kier molecular flexibility index (Phi) is 10.9. The average molecular weight is 320 g/mol. The van der Waals surface area contributed by atoms with Crippen LogP contribution in [0.4, 0.5) is 4.79 Å². The highest BCUT2D eigenvalue weighted by molar-refractivity contribution is 7.99. The molecule has 1 atom stereocenters. The van der Waals surface area contributed by atoms with Crippen LogP contribution >= 0.6 is 11.8 Å². The zero-order chi connectivity index (χ0) is 16.3. The maximum atomic E-state index is 12.1. The quantitative estimate of drug-likeness (QED) is 0.605. The van der Waals surface area contributed by atoms with Crippen molar-refractivity contribution in [2.45, 2.75) is 52.7 Å². The number of nitrogens with one attached hydrogen (secondary N) is 1. The molecule has 126 valence electrons. The largest absolute Gasteiger partial charge is 0.444 e. The van der Waals surface area contributed by atoms with Gasteiger partial charge in [0.15, 0.2) is 0 Å². The molecular formula is C15H32N2O3S. The van der Waals surface area contributed by atoms with Crippen molar-refractivity contribution in [1.82, 2.24) is 10.2 Å². The second-order valence-corrected chi connectivity index (χ2v) is 7.47. The summed E-state index contributed by atoms with van der Waals surface area (Å²) >= 11 is 1.93. The molecule has 0 aromatic carbocycles. The zero-order valence-electron chi connectivity index (χ0n) is 14.1. The molecule has 1 unspecified atom stereocenters. The molecule has 6 heteroatoms. The van der Waals surface area contributed by atoms with Gasteiger partial charge in [-0.1, -0.05) is 6.92 Å². The number of amides is 1. The zero-order valence-corrected chi connectivity index (χ0v) is 15.0. The van der Waals surface area contributed by atoms with Crippen LogP contribution in [0.1, 0.15) is 41.0 Å². The lowest BCUT2D eigenvalue weighted by atomic mass is 10.2. The van der Waals surface area contributed by atoms with Crippen LogP contribution < -0.4 is 5.32 Å². The number of rotatable bonds is 10. The van der Waals surface area contributed by atoms with Gasteiger partial charge in [-0.05, 0) is 52.2 Å². The Morgan fingerprint density at radius 3 is 2.57 bits per heavy atom. The second kappa shape index (κ2) is 11.2. The topological polar surface area (TPSA) is 61.8 Å². The van der Waals surface area contributed by atoms with Gasteiger partial charge in [0.05, 0.1) is 6.10 Å². The molecule has 0 aliphatic carbocycles. The molecule has 0 radical (unpaired) electrons. The summed E-state index contributed by atoms with van der Waals surface area (Å²) in [6.45, 7) is 11.9. The molecule has 0 saturated carbocycles. The number of aliphatic hydroxyl groups is 1. The van der Waals surface area contributed by atoms with Gasteiger partial charge in [0.2, 0.25) is 0 Å². The van der Waals surface area contributed by atoms with E-state index in [1.165, 1.54) is 0 Å². The highest BCUT2D eigenvalue weighted by atomic mass is 32.2. The molecule has 0 rings (SSSR count). The molecular weight excluding hydrogens is 288 g/mol. The van der Waals surface area contributed by atoms with Gasteiger partial charge in [-0.15, -0.1) is 0 Å². The fourth-order valence-corrected chi connectivity index (χ4v) is 2.32. The number of aliphatic hydroxyl groups excluding tert-OH is 1. The van der Waals surface area contributed by atoms with E-state index in [2.05, 4.69) is 12.2 Å². The smallest absolute Gasteiger partial charge is 0.410 e. The van der Waals surface area contributed by atoms with E-state index in [0.29, 0.717) is 19.6 Å². The number of carbonyl (C=O) groups excluding carboxylic acids is 1. The Morgan fingerprint density at radius 1 is 1.38 bits per heavy atom. The fourth-order valence-electron chi connectivity index (χ4n) is 1.69. The number of carbonyl (C=O) groups is 1. The van der Waals surface area contributed by atoms with Crippen LogP contribution in [0.15, 0.2) is 0 Å². The minimum absolute atomic E-state index is 0.294. The molecule has 0 aromatic rings. The predicted octanol–water partition coefficient (Wildman–Crippen LogP) is 2.34. The maximum absolute atomic E-state index is 12.1. The molecule has 0 heterocycles. The van der Waals surface area contributed by atoms with Gasteiger partial charge >= 0.3 is 6.09 Å². The van der Waals surface area contributed by atoms with Crippen LogP contribution in [0.2, 0.25) is 0 Å². The fraction of sp³-hybridized carbons (Fsp3) is 0.933. The highest BCUT2D eigenvalue weighted by Gasteiger charge is 2.22. The van der Waals surface area contributed by atoms with Gasteiger partial charge in [-0.25, -0.2) is 4.79 Å². The summed E-state index contributed by atoms with van der Waals surface area (Å²) < 4.78 is 5.36. The lowest BCUT2D eigenvalue weighted by Crippen LogP contribution is -2.43. The Balaban J connectivity index is 4.04. The van der Waals surface area contributed by atoms with Crippen molar-refractivity contribution in [2.24, 2.45) is 0 Å². The SMILES string of the molecule is CCSCCCNCCN(CC(C)O)C(=O)OC(C)(C)C. The second-order valence-electron chi connectivity index (χ2n) is 6.08. The predicted molar refractivity (Wildman–Crippen MR) is 90.0 cm³/mol. The molecule has 0 spiro atoms. The van der Waals surface area contributed by atoms with E-state index < -0.39 is 11.7 Å². The Labute approximate surface area is 133 Å². The van der Waals surface area contributed by atoms with Crippen molar-refractivity contribution < 1.29 is 14.6 Å². The van der Waals surface area contributed by atoms with E-state index in [-0.39, 0.29) is 6.09 Å². The molecule has 0 aromatic heterocycles. The first kappa shape index (κ1) is 20.5. The molecule has 0 saturated heterocycles. The maximum Gasteiger partial charge on any atom is 0.410 e. The Hall–Kier alpha value is -0.460. The van der Waals surface area contributed by atoms with Gasteiger partial charge in [0.25, 0.3) is 0 Å². The summed E-state index contributed by atoms with van der Waals surface area (Å²) in [5.41, 5.74) is -0.515. The van der Waals surface area contributed by atoms with Gasteiger partial charge in [0, 0.05) is 19.6 Å². The summed E-state index contributed by atoms with van der Waals surface area (Å²) in [5.74, 6) is 2.31. The summed E-state index contributed by atoms with van der Waals surface area (Å²) in [4.78, 5) is 13.6. The molecule has 1 amide bonds. The van der Waals surface area contributed by atoms with Crippen LogP contribution in [0.3, 0.4) is 0 Å². The molecule has 21 heavy (non-hydrogen) atoms. The van der Waals surface area contributed by atoms with Crippen LogP contribution in [0.25, 0.3) is 0 Å². The van der Waals surface area contributed by atoms with Gasteiger partial charge in [0.1, 0.15) is 5.60 Å². The summed E-state index contributed by atoms with van der Waals surface area (Å²) in [6, 6.07) is 0. The van der Waals surface area contributed by atoms with Gasteiger partial charge in [-0.2, -0.15) is 11.8 Å². The average Bonchev–Trinajstić information content (AvgIpc) is 2.33. The van der Waals surface area contributed by atoms with Gasteiger partial charge in [-0.3, -0.25) is 0 Å². The Morgan fingerprint density at radius 2 is 2.05 bits per heavy atom. The molecule has 0 bridgehead atoms. The molecule has 5 nitrogen and oxygen atoms in total. The van der Waals surface area contributed by atoms with E-state index in [9.17, 15) is 9.90 Å². The van der Waals surface area contributed by atoms with Crippen LogP contribution in [-0.4, -0.2) is 65.5 Å². The van der Waals surface area contributed by atoms with Gasteiger partial charge < -0.3 is 20.1 Å². The number of ether oxygens (including phenoxy) is 1. The molecule has 0 fully saturated rings. The van der Waals surface area contributed by atoms with Crippen molar-refractivity contribution in [3.8, 4) is 0 Å². The van der Waals surface area contributed by atoms with E-state index >= 15 is 0 Å². The van der Waals surface area contributed by atoms with E-state index in [1.807, 2.05) is 32.5 Å². The van der Waals surface area contributed by atoms with Crippen LogP contribution in [0.5, 0.6) is 0 Å². The van der Waals surface area contributed by atoms with Crippen LogP contribution in [0, 0.1) is 0 Å². The van der Waals surface area contributed by atoms with Crippen molar-refractivity contribution in [2.75, 3.05) is 37.7 Å². The molecule has 0 aliphatic rings. The van der Waals surface area contributed by atoms with E-state index in [1.54, 1.807) is 11.8 Å². The minimum Gasteiger partial charge on any atom is -0.444 e. The van der Waals surface area contributed by atoms with Crippen molar-refractivity contribution in [1.29, 1.82) is 0 Å². The van der Waals surface area contributed by atoms with Crippen LogP contribution in [-0.2, 0) is 4.74 Å². The van der Waals surface area contributed by atoms with E-state index in [0.717, 1.165) is 24.5 Å². The van der Waals surface area contributed by atoms with E-state index in [4.69, 9.17) is 4.74 Å². The lowest BCUT2D eigenvalue weighted by molar-refractivity contribution is 0.0164. The standard InChI is InChI=1S/C15H32N2O3S/c1-6-21-11-7-8-16-9-10-17(12-13(2)18)14(19)20-15(3,4)5/h13,16,18H,6-12H2,1-5H3. The van der Waals surface area contributed by atoms with Crippen molar-refractivity contribution in [3.05, 3.63) is 0 Å². The number of nitrogens with zero attached hydrogens (tertiary/aromatic N) is 1. The first-order chi connectivity index (χ1) is 9.76. The first-order valence-corrected chi connectivity index (χ1v) is 8.86. The Bertz CT molecular complexity index is 281. The third kappa shape index (κ3) is 13.0. The molecule has 0 aliphatic heterocycles. The minimum atomic E-state index is -0.557. The summed E-state index contributed by atoms with van der Waals surface area (Å²) in [5, 5.41) is 12.8. The number of hydrogen-bond donors (Lipinski definition) is 2. The van der Waals surface area contributed by atoms with Crippen molar-refractivity contribution >= 4 is 17.9 Å². The number of hydrogen-bond acceptors (Lipinski definition) is 5. The normalized spacial score (nSPS) is 13.0. The van der Waals surface area contributed by atoms with Crippen molar-refractivity contribution in [3.63, 3.8) is 0 Å². The first-order valence-electron chi connectivity index (χ1n) is 7.70. The number of thioether (sulfide) groups is 1. The molecule has 2 N–H and O–H groups in total. The summed E-state index contributed by atoms with van der Waals surface area (Å²) in [7, 11) is 0. The lowest BCUT2D eigenvalue weighted by Gasteiger charge is -2.28. The monoisotopic (exact) mass is 320 g/mol. The third-order valence-electron chi connectivity index (χ3n) is 2.54. The summed E-state index contributed by atoms with van der Waals surface area (Å²) in [6.07, 6.45) is 0.201.